The van der Waals surface area contributed by atoms with E-state index in [0.717, 1.165) is 5.56 Å². The summed E-state index contributed by atoms with van der Waals surface area (Å²) in [4.78, 5) is 20.3. The van der Waals surface area contributed by atoms with E-state index in [9.17, 15) is 18.0 Å². The zero-order valence-electron chi connectivity index (χ0n) is 16.1. The van der Waals surface area contributed by atoms with Crippen molar-refractivity contribution in [2.45, 2.75) is 31.5 Å². The van der Waals surface area contributed by atoms with Crippen molar-refractivity contribution >= 4 is 11.7 Å². The number of ketones is 1. The van der Waals surface area contributed by atoms with Gasteiger partial charge < -0.3 is 9.47 Å². The minimum Gasteiger partial charge on any atom is -0.481 e. The quantitative estimate of drug-likeness (QED) is 0.699. The minimum absolute atomic E-state index is 0.0710. The number of Topliss-reactive ketones (excluding diaryl/α,β-unsaturated/α-hetero) is 1. The zero-order valence-corrected chi connectivity index (χ0v) is 16.1. The first-order valence-corrected chi connectivity index (χ1v) is 9.07. The lowest BCUT2D eigenvalue weighted by molar-refractivity contribution is -0.141. The molecule has 0 unspecified atom stereocenters. The van der Waals surface area contributed by atoms with Gasteiger partial charge in [-0.1, -0.05) is 30.3 Å². The van der Waals surface area contributed by atoms with E-state index in [4.69, 9.17) is 9.47 Å². The molecule has 0 amide bonds. The topological polar surface area (TPSA) is 60.8 Å². The lowest BCUT2D eigenvalue weighted by Gasteiger charge is -2.17. The summed E-state index contributed by atoms with van der Waals surface area (Å²) in [5.74, 6) is -0.460. The van der Waals surface area contributed by atoms with E-state index in [1.54, 1.807) is 7.11 Å². The van der Waals surface area contributed by atoms with Gasteiger partial charge in [0.25, 0.3) is 0 Å². The fraction of sp³-hybridized carbons (Fsp3) is 0.381. The number of aliphatic imine (C=N–C) groups is 1. The Morgan fingerprint density at radius 3 is 2.55 bits per heavy atom. The Morgan fingerprint density at radius 1 is 1.21 bits per heavy atom. The summed E-state index contributed by atoms with van der Waals surface area (Å²) in [6.07, 6.45) is -4.71. The van der Waals surface area contributed by atoms with Gasteiger partial charge in [0.05, 0.1) is 25.8 Å². The van der Waals surface area contributed by atoms with Crippen LogP contribution in [0.4, 0.5) is 13.2 Å². The Kier molecular flexibility index (Phi) is 6.32. The summed E-state index contributed by atoms with van der Waals surface area (Å²) < 4.78 is 50.7. The first-order chi connectivity index (χ1) is 13.8. The SMILES string of the molecule is COC[C@@H](CC(=O)Cc1cc2c(c(C(F)(F)F)n1)C(OC)=NC2)c1ccccc1. The molecule has 0 saturated heterocycles. The monoisotopic (exact) mass is 406 g/mol. The highest BCUT2D eigenvalue weighted by Gasteiger charge is 2.40. The summed E-state index contributed by atoms with van der Waals surface area (Å²) in [5, 5.41) is 0. The zero-order chi connectivity index (χ0) is 21.0. The van der Waals surface area contributed by atoms with Gasteiger partial charge in [-0.15, -0.1) is 0 Å². The van der Waals surface area contributed by atoms with Gasteiger partial charge in [0, 0.05) is 31.6 Å². The predicted octanol–water partition coefficient (Wildman–Crippen LogP) is 3.94. The van der Waals surface area contributed by atoms with Gasteiger partial charge in [-0.05, 0) is 17.2 Å². The molecule has 2 heterocycles. The number of rotatable bonds is 7. The molecule has 1 aliphatic heterocycles. The Balaban J connectivity index is 1.82. The molecule has 2 aromatic rings. The van der Waals surface area contributed by atoms with Crippen LogP contribution in [0, 0.1) is 0 Å². The molecule has 0 radical (unpaired) electrons. The van der Waals surface area contributed by atoms with E-state index in [-0.39, 0.29) is 48.2 Å². The second kappa shape index (κ2) is 8.73. The Bertz CT molecular complexity index is 911. The fourth-order valence-corrected chi connectivity index (χ4v) is 3.47. The molecular formula is C21H21F3N2O3. The Hall–Kier alpha value is -2.74. The van der Waals surface area contributed by atoms with Gasteiger partial charge in [0.1, 0.15) is 5.78 Å². The number of alkyl halides is 3. The fourth-order valence-electron chi connectivity index (χ4n) is 3.47. The van der Waals surface area contributed by atoms with Crippen molar-refractivity contribution < 1.29 is 27.4 Å². The van der Waals surface area contributed by atoms with Crippen molar-refractivity contribution in [2.75, 3.05) is 20.8 Å². The number of fused-ring (bicyclic) bond motifs is 1. The van der Waals surface area contributed by atoms with E-state index < -0.39 is 11.9 Å². The summed E-state index contributed by atoms with van der Waals surface area (Å²) in [6, 6.07) is 10.9. The number of methoxy groups -OCH3 is 2. The number of hydrogen-bond donors (Lipinski definition) is 0. The molecule has 0 saturated carbocycles. The third-order valence-corrected chi connectivity index (χ3v) is 4.71. The summed E-state index contributed by atoms with van der Waals surface area (Å²) >= 11 is 0. The molecule has 0 spiro atoms. The maximum atomic E-state index is 13.5. The third kappa shape index (κ3) is 4.82. The van der Waals surface area contributed by atoms with Gasteiger partial charge >= 0.3 is 6.18 Å². The lowest BCUT2D eigenvalue weighted by atomic mass is 9.93. The smallest absolute Gasteiger partial charge is 0.434 e. The van der Waals surface area contributed by atoms with Crippen molar-refractivity contribution in [2.24, 2.45) is 4.99 Å². The Morgan fingerprint density at radius 2 is 1.93 bits per heavy atom. The normalized spacial score (nSPS) is 14.3. The number of carbonyl (C=O) groups excluding carboxylic acids is 1. The first-order valence-electron chi connectivity index (χ1n) is 9.07. The minimum atomic E-state index is -4.67. The van der Waals surface area contributed by atoms with Gasteiger partial charge in [-0.2, -0.15) is 13.2 Å². The predicted molar refractivity (Wildman–Crippen MR) is 101 cm³/mol. The molecule has 3 rings (SSSR count). The highest BCUT2D eigenvalue weighted by Crippen LogP contribution is 2.35. The molecule has 5 nitrogen and oxygen atoms in total. The summed E-state index contributed by atoms with van der Waals surface area (Å²) in [5.41, 5.74) is 0.185. The molecule has 1 aromatic carbocycles. The molecule has 0 fully saturated rings. The standard InChI is InChI=1S/C21H21F3N2O3/c1-28-12-15(13-6-4-3-5-7-13)9-17(27)10-16-8-14-11-25-20(29-2)18(14)19(26-16)21(22,23)24/h3-8,15H,9-12H2,1-2H3/t15-/m1/s1. The van der Waals surface area contributed by atoms with Crippen LogP contribution in [0.25, 0.3) is 0 Å². The molecule has 29 heavy (non-hydrogen) atoms. The van der Waals surface area contributed by atoms with Gasteiger partial charge in [0.15, 0.2) is 5.69 Å². The number of halogens is 3. The average Bonchev–Trinajstić information content (AvgIpc) is 3.10. The van der Waals surface area contributed by atoms with Crippen molar-refractivity contribution in [1.29, 1.82) is 0 Å². The second-order valence-corrected chi connectivity index (χ2v) is 6.80. The van der Waals surface area contributed by atoms with Gasteiger partial charge in [0.2, 0.25) is 5.90 Å². The van der Waals surface area contributed by atoms with E-state index in [0.29, 0.717) is 12.2 Å². The first kappa shape index (κ1) is 21.0. The van der Waals surface area contributed by atoms with Crippen molar-refractivity contribution in [3.05, 3.63) is 64.5 Å². The number of hydrogen-bond acceptors (Lipinski definition) is 5. The van der Waals surface area contributed by atoms with Crippen LogP contribution in [0.15, 0.2) is 41.4 Å². The molecule has 0 N–H and O–H groups in total. The molecule has 0 aliphatic carbocycles. The largest absolute Gasteiger partial charge is 0.481 e. The van der Waals surface area contributed by atoms with Crippen LogP contribution in [0.5, 0.6) is 0 Å². The number of pyridine rings is 1. The number of nitrogens with zero attached hydrogens (tertiary/aromatic N) is 2. The van der Waals surface area contributed by atoms with Crippen LogP contribution in [-0.4, -0.2) is 37.5 Å². The second-order valence-electron chi connectivity index (χ2n) is 6.80. The van der Waals surface area contributed by atoms with Crippen LogP contribution in [0.2, 0.25) is 0 Å². The molecular weight excluding hydrogens is 385 g/mol. The number of aromatic nitrogens is 1. The highest BCUT2D eigenvalue weighted by molar-refractivity contribution is 5.99. The summed E-state index contributed by atoms with van der Waals surface area (Å²) in [7, 11) is 2.82. The highest BCUT2D eigenvalue weighted by atomic mass is 19.4. The molecule has 1 aromatic heterocycles. The maximum Gasteiger partial charge on any atom is 0.434 e. The van der Waals surface area contributed by atoms with E-state index in [1.165, 1.54) is 13.2 Å². The lowest BCUT2D eigenvalue weighted by Crippen LogP contribution is -2.19. The third-order valence-electron chi connectivity index (χ3n) is 4.71. The van der Waals surface area contributed by atoms with Crippen LogP contribution < -0.4 is 0 Å². The molecule has 1 aliphatic rings. The van der Waals surface area contributed by atoms with Crippen LogP contribution in [0.3, 0.4) is 0 Å². The number of ether oxygens (including phenoxy) is 2. The van der Waals surface area contributed by atoms with E-state index >= 15 is 0 Å². The van der Waals surface area contributed by atoms with Crippen molar-refractivity contribution in [3.8, 4) is 0 Å². The van der Waals surface area contributed by atoms with Gasteiger partial charge in [-0.25, -0.2) is 9.98 Å². The van der Waals surface area contributed by atoms with Crippen molar-refractivity contribution in [3.63, 3.8) is 0 Å². The molecule has 1 atom stereocenters. The van der Waals surface area contributed by atoms with Crippen molar-refractivity contribution in [1.82, 2.24) is 4.98 Å². The van der Waals surface area contributed by atoms with Gasteiger partial charge in [-0.3, -0.25) is 4.79 Å². The molecule has 0 bridgehead atoms. The average molecular weight is 406 g/mol. The van der Waals surface area contributed by atoms with Crippen LogP contribution in [0.1, 0.15) is 40.4 Å². The number of benzene rings is 1. The summed E-state index contributed by atoms with van der Waals surface area (Å²) in [6.45, 7) is 0.411. The van der Waals surface area contributed by atoms with Crippen LogP contribution >= 0.6 is 0 Å². The van der Waals surface area contributed by atoms with E-state index in [2.05, 4.69) is 9.98 Å². The maximum absolute atomic E-state index is 13.5. The molecule has 154 valence electrons. The van der Waals surface area contributed by atoms with Crippen LogP contribution in [-0.2, 0) is 33.4 Å². The van der Waals surface area contributed by atoms with E-state index in [1.807, 2.05) is 30.3 Å². The molecule has 8 heteroatoms. The Labute approximate surface area is 166 Å². The number of carbonyl (C=O) groups is 1.